The maximum absolute atomic E-state index is 12.3. The highest BCUT2D eigenvalue weighted by Gasteiger charge is 2.23. The van der Waals surface area contributed by atoms with Crippen molar-refractivity contribution in [1.29, 1.82) is 0 Å². The molecule has 2 aromatic rings. The van der Waals surface area contributed by atoms with Gasteiger partial charge in [-0.25, -0.2) is 4.79 Å². The predicted molar refractivity (Wildman–Crippen MR) is 120 cm³/mol. The summed E-state index contributed by atoms with van der Waals surface area (Å²) in [5.74, 6) is 0. The molecule has 1 aliphatic rings. The third kappa shape index (κ3) is 5.90. The molecular weight excluding hydrogens is 382 g/mol. The van der Waals surface area contributed by atoms with Crippen LogP contribution in [0.15, 0.2) is 52.3 Å². The number of hydrogen-bond acceptors (Lipinski definition) is 5. The van der Waals surface area contributed by atoms with E-state index in [2.05, 4.69) is 61.2 Å². The van der Waals surface area contributed by atoms with Crippen molar-refractivity contribution in [2.24, 2.45) is 0 Å². The zero-order chi connectivity index (χ0) is 20.8. The second kappa shape index (κ2) is 10.0. The van der Waals surface area contributed by atoms with E-state index in [0.717, 1.165) is 19.6 Å². The number of hydrogen-bond donors (Lipinski definition) is 0. The van der Waals surface area contributed by atoms with Crippen LogP contribution < -0.4 is 4.90 Å². The number of anilines is 1. The predicted octanol–water partition coefficient (Wildman–Crippen LogP) is 4.27. The summed E-state index contributed by atoms with van der Waals surface area (Å²) in [6.07, 6.45) is -0.204. The van der Waals surface area contributed by atoms with E-state index < -0.39 is 0 Å². The Kier molecular flexibility index (Phi) is 7.45. The van der Waals surface area contributed by atoms with Crippen LogP contribution in [-0.2, 0) is 4.74 Å². The van der Waals surface area contributed by atoms with Gasteiger partial charge in [-0.2, -0.15) is 0 Å². The molecule has 5 nitrogen and oxygen atoms in total. The molecule has 29 heavy (non-hydrogen) atoms. The normalized spacial score (nSPS) is 14.4. The molecule has 0 spiro atoms. The first kappa shape index (κ1) is 21.5. The molecule has 1 aliphatic heterocycles. The molecule has 0 saturated carbocycles. The summed E-state index contributed by atoms with van der Waals surface area (Å²) in [4.78, 5) is 21.0. The number of benzene rings is 2. The lowest BCUT2D eigenvalue weighted by molar-refractivity contribution is 0.0940. The second-order valence-electron chi connectivity index (χ2n) is 7.73. The van der Waals surface area contributed by atoms with Crippen molar-refractivity contribution in [1.82, 2.24) is 9.80 Å². The van der Waals surface area contributed by atoms with Crippen molar-refractivity contribution in [2.45, 2.75) is 23.6 Å². The molecule has 2 aromatic carbocycles. The molecule has 0 aromatic heterocycles. The quantitative estimate of drug-likeness (QED) is 0.707. The lowest BCUT2D eigenvalue weighted by Crippen LogP contribution is -2.49. The Balaban J connectivity index is 1.62. The Morgan fingerprint density at radius 3 is 2.45 bits per heavy atom. The molecule has 1 saturated heterocycles. The average molecular weight is 414 g/mol. The third-order valence-electron chi connectivity index (χ3n) is 5.06. The Bertz CT molecular complexity index is 833. The lowest BCUT2D eigenvalue weighted by Gasteiger charge is -2.36. The van der Waals surface area contributed by atoms with Gasteiger partial charge in [0, 0.05) is 42.5 Å². The minimum absolute atomic E-state index is 0.204. The first-order chi connectivity index (χ1) is 13.9. The van der Waals surface area contributed by atoms with E-state index in [1.54, 1.807) is 0 Å². The number of para-hydroxylation sites is 1. The number of amides is 1. The molecule has 0 radical (unpaired) electrons. The van der Waals surface area contributed by atoms with Crippen LogP contribution in [0.3, 0.4) is 0 Å². The number of nitrogens with zero attached hydrogens (tertiary/aromatic N) is 3. The maximum atomic E-state index is 12.3. The van der Waals surface area contributed by atoms with Crippen LogP contribution in [0.25, 0.3) is 0 Å². The Labute approximate surface area is 178 Å². The molecule has 6 heteroatoms. The Hall–Kier alpha value is -2.18. The Morgan fingerprint density at radius 1 is 1.03 bits per heavy atom. The smallest absolute Gasteiger partial charge is 0.409 e. The topological polar surface area (TPSA) is 36.0 Å². The molecule has 1 heterocycles. The molecular formula is C23H31N3O2S. The van der Waals surface area contributed by atoms with Crippen LogP contribution in [0.2, 0.25) is 0 Å². The van der Waals surface area contributed by atoms with Crippen LogP contribution in [-0.4, -0.2) is 69.3 Å². The number of carbonyl (C=O) groups excluding carboxylic acids is 1. The number of ether oxygens (including phenoxy) is 1. The molecule has 0 atom stereocenters. The summed E-state index contributed by atoms with van der Waals surface area (Å²) >= 11 is 1.81. The van der Waals surface area contributed by atoms with Crippen molar-refractivity contribution < 1.29 is 9.53 Å². The third-order valence-corrected chi connectivity index (χ3v) is 6.30. The SMILES string of the molecule is Cc1ccc(Sc2ccccc2N2CCN(C(=O)OCCN(C)C)CC2)c(C)c1. The highest BCUT2D eigenvalue weighted by Crippen LogP contribution is 2.37. The molecule has 156 valence electrons. The zero-order valence-corrected chi connectivity index (χ0v) is 18.7. The number of carbonyl (C=O) groups is 1. The van der Waals surface area contributed by atoms with E-state index in [-0.39, 0.29) is 6.09 Å². The number of aryl methyl sites for hydroxylation is 2. The van der Waals surface area contributed by atoms with E-state index in [9.17, 15) is 4.79 Å². The van der Waals surface area contributed by atoms with E-state index in [1.165, 1.54) is 26.6 Å². The molecule has 0 N–H and O–H groups in total. The van der Waals surface area contributed by atoms with Crippen LogP contribution >= 0.6 is 11.8 Å². The molecule has 3 rings (SSSR count). The van der Waals surface area contributed by atoms with Gasteiger partial charge >= 0.3 is 6.09 Å². The van der Waals surface area contributed by atoms with Gasteiger partial charge in [-0.05, 0) is 51.7 Å². The number of likely N-dealkylation sites (N-methyl/N-ethyl adjacent to an activating group) is 1. The molecule has 1 fully saturated rings. The number of rotatable bonds is 6. The van der Waals surface area contributed by atoms with E-state index >= 15 is 0 Å². The van der Waals surface area contributed by atoms with Gasteiger partial charge in [-0.3, -0.25) is 0 Å². The van der Waals surface area contributed by atoms with Gasteiger partial charge in [-0.15, -0.1) is 0 Å². The fraction of sp³-hybridized carbons (Fsp3) is 0.435. The van der Waals surface area contributed by atoms with Crippen molar-refractivity contribution in [2.75, 3.05) is 58.3 Å². The monoisotopic (exact) mass is 413 g/mol. The van der Waals surface area contributed by atoms with Crippen molar-refractivity contribution in [3.8, 4) is 0 Å². The van der Waals surface area contributed by atoms with Gasteiger partial charge in [0.15, 0.2) is 0 Å². The van der Waals surface area contributed by atoms with Crippen molar-refractivity contribution >= 4 is 23.5 Å². The number of piperazine rings is 1. The van der Waals surface area contributed by atoms with Gasteiger partial charge < -0.3 is 19.4 Å². The largest absolute Gasteiger partial charge is 0.448 e. The van der Waals surface area contributed by atoms with Crippen molar-refractivity contribution in [3.05, 3.63) is 53.6 Å². The summed E-state index contributed by atoms with van der Waals surface area (Å²) in [7, 11) is 3.94. The Morgan fingerprint density at radius 2 is 1.76 bits per heavy atom. The van der Waals surface area contributed by atoms with E-state index in [0.29, 0.717) is 19.7 Å². The zero-order valence-electron chi connectivity index (χ0n) is 17.9. The fourth-order valence-corrected chi connectivity index (χ4v) is 4.42. The van der Waals surface area contributed by atoms with Crippen LogP contribution in [0, 0.1) is 13.8 Å². The first-order valence-electron chi connectivity index (χ1n) is 10.1. The minimum Gasteiger partial charge on any atom is -0.448 e. The first-order valence-corrected chi connectivity index (χ1v) is 10.9. The van der Waals surface area contributed by atoms with Gasteiger partial charge in [0.05, 0.1) is 5.69 Å². The molecule has 0 bridgehead atoms. The minimum atomic E-state index is -0.204. The highest BCUT2D eigenvalue weighted by atomic mass is 32.2. The van der Waals surface area contributed by atoms with Crippen LogP contribution in [0.5, 0.6) is 0 Å². The standard InChI is InChI=1S/C23H31N3O2S/c1-18-9-10-21(19(2)17-18)29-22-8-6-5-7-20(22)25-11-13-26(14-12-25)23(27)28-16-15-24(3)4/h5-10,17H,11-16H2,1-4H3. The van der Waals surface area contributed by atoms with E-state index in [4.69, 9.17) is 4.74 Å². The fourth-order valence-electron chi connectivity index (χ4n) is 3.37. The van der Waals surface area contributed by atoms with Gasteiger partial charge in [0.25, 0.3) is 0 Å². The maximum Gasteiger partial charge on any atom is 0.409 e. The van der Waals surface area contributed by atoms with Crippen LogP contribution in [0.1, 0.15) is 11.1 Å². The summed E-state index contributed by atoms with van der Waals surface area (Å²) < 4.78 is 5.38. The summed E-state index contributed by atoms with van der Waals surface area (Å²) in [6, 6.07) is 15.1. The van der Waals surface area contributed by atoms with Gasteiger partial charge in [-0.1, -0.05) is 41.6 Å². The van der Waals surface area contributed by atoms with Crippen molar-refractivity contribution in [3.63, 3.8) is 0 Å². The van der Waals surface area contributed by atoms with Gasteiger partial charge in [0.2, 0.25) is 0 Å². The second-order valence-corrected chi connectivity index (χ2v) is 8.81. The molecule has 1 amide bonds. The molecule has 0 unspecified atom stereocenters. The average Bonchev–Trinajstić information content (AvgIpc) is 2.70. The summed E-state index contributed by atoms with van der Waals surface area (Å²) in [6.45, 7) is 8.46. The van der Waals surface area contributed by atoms with Gasteiger partial charge in [0.1, 0.15) is 6.61 Å². The molecule has 0 aliphatic carbocycles. The van der Waals surface area contributed by atoms with E-state index in [1.807, 2.05) is 35.7 Å². The van der Waals surface area contributed by atoms with Crippen LogP contribution in [0.4, 0.5) is 10.5 Å². The lowest BCUT2D eigenvalue weighted by atomic mass is 10.2. The highest BCUT2D eigenvalue weighted by molar-refractivity contribution is 7.99. The summed E-state index contributed by atoms with van der Waals surface area (Å²) in [5, 5.41) is 0. The summed E-state index contributed by atoms with van der Waals surface area (Å²) in [5.41, 5.74) is 3.82.